The van der Waals surface area contributed by atoms with E-state index in [0.29, 0.717) is 6.61 Å². The molecular formula is C14H20O2. The highest BCUT2D eigenvalue weighted by molar-refractivity contribution is 5.44. The lowest BCUT2D eigenvalue weighted by atomic mass is 9.77. The van der Waals surface area contributed by atoms with Gasteiger partial charge in [-0.25, -0.2) is 0 Å². The third-order valence-electron chi connectivity index (χ3n) is 3.51. The zero-order valence-corrected chi connectivity index (χ0v) is 10.3. The van der Waals surface area contributed by atoms with Crippen molar-refractivity contribution in [1.29, 1.82) is 0 Å². The van der Waals surface area contributed by atoms with E-state index in [1.54, 1.807) is 0 Å². The average Bonchev–Trinajstić information content (AvgIpc) is 2.25. The Hall–Kier alpha value is -1.02. The van der Waals surface area contributed by atoms with E-state index in [1.807, 2.05) is 6.07 Å². The molecule has 1 atom stereocenters. The van der Waals surface area contributed by atoms with E-state index in [1.165, 1.54) is 5.56 Å². The number of hydrogen-bond acceptors (Lipinski definition) is 2. The fraction of sp³-hybridized carbons (Fsp3) is 0.571. The summed E-state index contributed by atoms with van der Waals surface area (Å²) >= 11 is 0. The Balaban J connectivity index is 2.43. The molecule has 0 radical (unpaired) electrons. The van der Waals surface area contributed by atoms with Crippen molar-refractivity contribution in [1.82, 2.24) is 0 Å². The fourth-order valence-electron chi connectivity index (χ4n) is 2.21. The molecule has 1 aromatic rings. The Kier molecular flexibility index (Phi) is 2.94. The molecule has 0 bridgehead atoms. The van der Waals surface area contributed by atoms with Gasteiger partial charge in [-0.2, -0.15) is 0 Å². The number of ether oxygens (including phenoxy) is 1. The van der Waals surface area contributed by atoms with Gasteiger partial charge in [-0.3, -0.25) is 0 Å². The van der Waals surface area contributed by atoms with Gasteiger partial charge < -0.3 is 9.84 Å². The van der Waals surface area contributed by atoms with Crippen LogP contribution < -0.4 is 4.74 Å². The molecular weight excluding hydrogens is 200 g/mol. The molecule has 0 saturated carbocycles. The van der Waals surface area contributed by atoms with E-state index in [4.69, 9.17) is 4.74 Å². The predicted octanol–water partition coefficient (Wildman–Crippen LogP) is 2.67. The van der Waals surface area contributed by atoms with Gasteiger partial charge >= 0.3 is 0 Å². The average molecular weight is 220 g/mol. The van der Waals surface area contributed by atoms with Crippen molar-refractivity contribution in [2.45, 2.75) is 45.1 Å². The Labute approximate surface area is 97.3 Å². The van der Waals surface area contributed by atoms with Crippen LogP contribution in [-0.2, 0) is 11.8 Å². The molecule has 1 unspecified atom stereocenters. The standard InChI is InChI=1S/C14H20O2/c1-4-5-10-6-7-12-11(8-10)14(2,3)13(15)9-16-12/h6-8,13,15H,4-5,9H2,1-3H3. The molecule has 0 aliphatic carbocycles. The first kappa shape index (κ1) is 11.5. The van der Waals surface area contributed by atoms with E-state index in [2.05, 4.69) is 32.9 Å². The molecule has 0 aromatic heterocycles. The van der Waals surface area contributed by atoms with E-state index >= 15 is 0 Å². The number of benzene rings is 1. The molecule has 1 aliphatic rings. The summed E-state index contributed by atoms with van der Waals surface area (Å²) in [6.45, 7) is 6.73. The minimum Gasteiger partial charge on any atom is -0.491 e. The molecule has 0 saturated heterocycles. The van der Waals surface area contributed by atoms with Crippen molar-refractivity contribution < 1.29 is 9.84 Å². The van der Waals surface area contributed by atoms with Crippen LogP contribution in [0.4, 0.5) is 0 Å². The van der Waals surface area contributed by atoms with Gasteiger partial charge in [0, 0.05) is 11.0 Å². The maximum absolute atomic E-state index is 9.98. The fourth-order valence-corrected chi connectivity index (χ4v) is 2.21. The molecule has 1 N–H and O–H groups in total. The van der Waals surface area contributed by atoms with Crippen LogP contribution in [0, 0.1) is 0 Å². The second kappa shape index (κ2) is 4.10. The highest BCUT2D eigenvalue weighted by Gasteiger charge is 2.36. The lowest BCUT2D eigenvalue weighted by molar-refractivity contribution is 0.0318. The van der Waals surface area contributed by atoms with Crippen molar-refractivity contribution >= 4 is 0 Å². The summed E-state index contributed by atoms with van der Waals surface area (Å²) in [5.74, 6) is 0.926. The van der Waals surface area contributed by atoms with Crippen LogP contribution >= 0.6 is 0 Å². The SMILES string of the molecule is CCCc1ccc2c(c1)C(C)(C)C(O)CO2. The molecule has 1 aromatic carbocycles. The number of hydrogen-bond donors (Lipinski definition) is 1. The van der Waals surface area contributed by atoms with Gasteiger partial charge in [0.2, 0.25) is 0 Å². The topological polar surface area (TPSA) is 29.5 Å². The van der Waals surface area contributed by atoms with E-state index in [-0.39, 0.29) is 5.41 Å². The second-order valence-electron chi connectivity index (χ2n) is 5.13. The van der Waals surface area contributed by atoms with Crippen LogP contribution in [0.3, 0.4) is 0 Å². The quantitative estimate of drug-likeness (QED) is 0.830. The van der Waals surface area contributed by atoms with Gasteiger partial charge in [0.25, 0.3) is 0 Å². The van der Waals surface area contributed by atoms with E-state index < -0.39 is 6.10 Å². The summed E-state index contributed by atoms with van der Waals surface area (Å²) in [5.41, 5.74) is 2.25. The number of rotatable bonds is 2. The lowest BCUT2D eigenvalue weighted by Gasteiger charge is -2.37. The first-order chi connectivity index (χ1) is 7.55. The Morgan fingerprint density at radius 2 is 2.19 bits per heavy atom. The van der Waals surface area contributed by atoms with Crippen molar-refractivity contribution in [2.75, 3.05) is 6.61 Å². The van der Waals surface area contributed by atoms with Crippen molar-refractivity contribution in [3.8, 4) is 5.75 Å². The van der Waals surface area contributed by atoms with Crippen LogP contribution in [0.1, 0.15) is 38.3 Å². The van der Waals surface area contributed by atoms with Crippen LogP contribution in [0.2, 0.25) is 0 Å². The first-order valence-corrected chi connectivity index (χ1v) is 6.00. The molecule has 2 nitrogen and oxygen atoms in total. The van der Waals surface area contributed by atoms with Gasteiger partial charge in [0.05, 0.1) is 6.10 Å². The van der Waals surface area contributed by atoms with Crippen molar-refractivity contribution in [2.24, 2.45) is 0 Å². The molecule has 0 fully saturated rings. The normalized spacial score (nSPS) is 22.4. The summed E-state index contributed by atoms with van der Waals surface area (Å²) in [6.07, 6.45) is 1.80. The Morgan fingerprint density at radius 1 is 1.44 bits per heavy atom. The number of aryl methyl sites for hydroxylation is 1. The summed E-state index contributed by atoms with van der Waals surface area (Å²) < 4.78 is 5.55. The Bertz CT molecular complexity index is 382. The lowest BCUT2D eigenvalue weighted by Crippen LogP contribution is -2.42. The van der Waals surface area contributed by atoms with Gasteiger partial charge in [-0.15, -0.1) is 0 Å². The summed E-state index contributed by atoms with van der Waals surface area (Å²) in [4.78, 5) is 0. The van der Waals surface area contributed by atoms with Gasteiger partial charge in [-0.05, 0) is 18.1 Å². The van der Waals surface area contributed by atoms with Gasteiger partial charge in [0.1, 0.15) is 12.4 Å². The van der Waals surface area contributed by atoms with Crippen molar-refractivity contribution in [3.63, 3.8) is 0 Å². The van der Waals surface area contributed by atoms with Gasteiger partial charge in [0.15, 0.2) is 0 Å². The number of aliphatic hydroxyl groups excluding tert-OH is 1. The third-order valence-corrected chi connectivity index (χ3v) is 3.51. The maximum atomic E-state index is 9.98. The van der Waals surface area contributed by atoms with Crippen LogP contribution in [-0.4, -0.2) is 17.8 Å². The zero-order chi connectivity index (χ0) is 11.8. The van der Waals surface area contributed by atoms with E-state index in [9.17, 15) is 5.11 Å². The zero-order valence-electron chi connectivity index (χ0n) is 10.3. The molecule has 1 aliphatic heterocycles. The molecule has 1 heterocycles. The van der Waals surface area contributed by atoms with E-state index in [0.717, 1.165) is 24.2 Å². The minimum absolute atomic E-state index is 0.211. The molecule has 2 rings (SSSR count). The largest absolute Gasteiger partial charge is 0.491 e. The molecule has 0 spiro atoms. The Morgan fingerprint density at radius 3 is 2.88 bits per heavy atom. The summed E-state index contributed by atoms with van der Waals surface area (Å²) in [7, 11) is 0. The minimum atomic E-state index is -0.420. The van der Waals surface area contributed by atoms with Crippen molar-refractivity contribution in [3.05, 3.63) is 29.3 Å². The van der Waals surface area contributed by atoms with Gasteiger partial charge in [-0.1, -0.05) is 39.3 Å². The first-order valence-electron chi connectivity index (χ1n) is 6.00. The second-order valence-corrected chi connectivity index (χ2v) is 5.13. The summed E-state index contributed by atoms with van der Waals surface area (Å²) in [5, 5.41) is 9.98. The highest BCUT2D eigenvalue weighted by atomic mass is 16.5. The summed E-state index contributed by atoms with van der Waals surface area (Å²) in [6, 6.07) is 6.34. The molecule has 2 heteroatoms. The van der Waals surface area contributed by atoms with Crippen LogP contribution in [0.25, 0.3) is 0 Å². The number of fused-ring (bicyclic) bond motifs is 1. The molecule has 88 valence electrons. The third kappa shape index (κ3) is 1.82. The molecule has 16 heavy (non-hydrogen) atoms. The number of aliphatic hydroxyl groups is 1. The highest BCUT2D eigenvalue weighted by Crippen LogP contribution is 2.39. The van der Waals surface area contributed by atoms with Crippen LogP contribution in [0.15, 0.2) is 18.2 Å². The van der Waals surface area contributed by atoms with Crippen LogP contribution in [0.5, 0.6) is 5.75 Å². The predicted molar refractivity (Wildman–Crippen MR) is 65.0 cm³/mol. The monoisotopic (exact) mass is 220 g/mol. The molecule has 0 amide bonds. The maximum Gasteiger partial charge on any atom is 0.123 e. The smallest absolute Gasteiger partial charge is 0.123 e.